The van der Waals surface area contributed by atoms with Crippen LogP contribution in [0.25, 0.3) is 0 Å². The summed E-state index contributed by atoms with van der Waals surface area (Å²) in [6.07, 6.45) is 1.34. The highest BCUT2D eigenvalue weighted by molar-refractivity contribution is 7.89. The highest BCUT2D eigenvalue weighted by atomic mass is 32.2. The topological polar surface area (TPSA) is 123 Å². The number of rotatable bonds is 10. The molecule has 1 aromatic rings. The molecule has 13 heteroatoms. The van der Waals surface area contributed by atoms with Gasteiger partial charge in [-0.15, -0.1) is 0 Å². The molecule has 10 nitrogen and oxygen atoms in total. The predicted molar refractivity (Wildman–Crippen MR) is 127 cm³/mol. The third kappa shape index (κ3) is 6.52. The molecule has 34 heavy (non-hydrogen) atoms. The molecule has 2 aliphatic rings. The second-order valence-electron chi connectivity index (χ2n) is 8.82. The Morgan fingerprint density at radius 2 is 1.56 bits per heavy atom. The number of benzene rings is 1. The van der Waals surface area contributed by atoms with E-state index in [0.717, 1.165) is 5.69 Å². The summed E-state index contributed by atoms with van der Waals surface area (Å²) >= 11 is 0. The van der Waals surface area contributed by atoms with Crippen LogP contribution in [0, 0.1) is 16.9 Å². The normalized spacial score (nSPS) is 21.3. The van der Waals surface area contributed by atoms with Crippen LogP contribution in [0.4, 0.5) is 10.1 Å². The third-order valence-electron chi connectivity index (χ3n) is 6.62. The van der Waals surface area contributed by atoms with Crippen molar-refractivity contribution in [2.75, 3.05) is 55.7 Å². The molecule has 2 fully saturated rings. The number of carbonyl (C=O) groups excluding carboxylic acids is 1. The molecule has 192 valence electrons. The molecule has 0 radical (unpaired) electrons. The predicted octanol–water partition coefficient (Wildman–Crippen LogP) is -0.363. The number of hydrogen-bond donors (Lipinski definition) is 1. The van der Waals surface area contributed by atoms with E-state index in [1.54, 1.807) is 19.1 Å². The largest absolute Gasteiger partial charge is 0.627 e. The smallest absolute Gasteiger partial charge is 0.300 e. The number of sulfonamides is 2. The monoisotopic (exact) mass is 520 g/mol. The summed E-state index contributed by atoms with van der Waals surface area (Å²) in [6, 6.07) is 5.00. The van der Waals surface area contributed by atoms with Crippen LogP contribution in [0.15, 0.2) is 24.3 Å². The SMILES string of the molecule is CCCS(=O)(=O)N1CCC(C(CS(=O)(=O)N2CCN(c3ccc(F)cc3)CC2)[NH+]([O-])C=O)CC1. The maximum absolute atomic E-state index is 13.2. The van der Waals surface area contributed by atoms with E-state index in [0.29, 0.717) is 32.4 Å². The lowest BCUT2D eigenvalue weighted by atomic mass is 9.91. The van der Waals surface area contributed by atoms with Gasteiger partial charge in [0.2, 0.25) is 20.0 Å². The van der Waals surface area contributed by atoms with E-state index in [1.165, 1.54) is 20.7 Å². The first-order valence-corrected chi connectivity index (χ1v) is 14.7. The molecule has 0 aliphatic carbocycles. The molecule has 0 saturated carbocycles. The van der Waals surface area contributed by atoms with Gasteiger partial charge in [-0.1, -0.05) is 6.92 Å². The minimum absolute atomic E-state index is 0.0483. The summed E-state index contributed by atoms with van der Waals surface area (Å²) in [5, 5.41) is 11.6. The Balaban J connectivity index is 1.62. The van der Waals surface area contributed by atoms with Gasteiger partial charge in [0.05, 0.1) is 5.75 Å². The number of hydrogen-bond acceptors (Lipinski definition) is 7. The average Bonchev–Trinajstić information content (AvgIpc) is 2.83. The van der Waals surface area contributed by atoms with Gasteiger partial charge in [-0.25, -0.2) is 30.3 Å². The number of quaternary nitrogens is 1. The molecule has 1 aromatic carbocycles. The number of amides is 1. The maximum atomic E-state index is 13.2. The van der Waals surface area contributed by atoms with E-state index in [9.17, 15) is 31.2 Å². The quantitative estimate of drug-likeness (QED) is 0.330. The van der Waals surface area contributed by atoms with Gasteiger partial charge in [0.1, 0.15) is 17.6 Å². The second kappa shape index (κ2) is 11.4. The molecule has 2 aliphatic heterocycles. The number of nitrogens with zero attached hydrogens (tertiary/aromatic N) is 3. The van der Waals surface area contributed by atoms with Gasteiger partial charge in [-0.2, -0.15) is 4.31 Å². The highest BCUT2D eigenvalue weighted by Gasteiger charge is 2.39. The lowest BCUT2D eigenvalue weighted by Gasteiger charge is -2.39. The second-order valence-corrected chi connectivity index (χ2v) is 12.9. The van der Waals surface area contributed by atoms with Crippen molar-refractivity contribution in [2.24, 2.45) is 5.92 Å². The molecular formula is C21H33FN4O6S2. The molecule has 2 atom stereocenters. The minimum Gasteiger partial charge on any atom is -0.627 e. The minimum atomic E-state index is -3.81. The number of halogens is 1. The summed E-state index contributed by atoms with van der Waals surface area (Å²) in [4.78, 5) is 13.3. The zero-order valence-electron chi connectivity index (χ0n) is 19.3. The lowest BCUT2D eigenvalue weighted by Crippen LogP contribution is -3.12. The van der Waals surface area contributed by atoms with Crippen molar-refractivity contribution in [1.82, 2.24) is 8.61 Å². The maximum Gasteiger partial charge on any atom is 0.300 e. The summed E-state index contributed by atoms with van der Waals surface area (Å²) in [5.41, 5.74) is 0.803. The van der Waals surface area contributed by atoms with Crippen molar-refractivity contribution < 1.29 is 31.1 Å². The average molecular weight is 521 g/mol. The van der Waals surface area contributed by atoms with Gasteiger partial charge in [-0.3, -0.25) is 0 Å². The molecule has 0 aromatic heterocycles. The molecule has 2 saturated heterocycles. The zero-order chi connectivity index (χ0) is 24.9. The van der Waals surface area contributed by atoms with Crippen molar-refractivity contribution in [2.45, 2.75) is 32.2 Å². The first kappa shape index (κ1) is 27.0. The van der Waals surface area contributed by atoms with E-state index in [4.69, 9.17) is 0 Å². The Morgan fingerprint density at radius 3 is 2.09 bits per heavy atom. The van der Waals surface area contributed by atoms with Crippen LogP contribution in [0.1, 0.15) is 26.2 Å². The van der Waals surface area contributed by atoms with Gasteiger partial charge in [0, 0.05) is 50.9 Å². The van der Waals surface area contributed by atoms with Crippen LogP contribution in [0.5, 0.6) is 0 Å². The first-order valence-electron chi connectivity index (χ1n) is 11.5. The van der Waals surface area contributed by atoms with Gasteiger partial charge in [0.15, 0.2) is 0 Å². The fraction of sp³-hybridized carbons (Fsp3) is 0.667. The summed E-state index contributed by atoms with van der Waals surface area (Å²) in [7, 11) is -7.18. The van der Waals surface area contributed by atoms with E-state index in [1.807, 2.05) is 4.90 Å². The number of piperidine rings is 1. The molecule has 2 unspecified atom stereocenters. The zero-order valence-corrected chi connectivity index (χ0v) is 20.9. The Kier molecular flexibility index (Phi) is 9.04. The molecular weight excluding hydrogens is 487 g/mol. The summed E-state index contributed by atoms with van der Waals surface area (Å²) < 4.78 is 66.8. The van der Waals surface area contributed by atoms with Crippen molar-refractivity contribution >= 4 is 32.1 Å². The number of nitrogens with one attached hydrogen (secondary N) is 1. The van der Waals surface area contributed by atoms with Crippen LogP contribution in [0.3, 0.4) is 0 Å². The fourth-order valence-electron chi connectivity index (χ4n) is 4.69. The van der Waals surface area contributed by atoms with Crippen molar-refractivity contribution in [3.8, 4) is 0 Å². The van der Waals surface area contributed by atoms with Gasteiger partial charge < -0.3 is 15.2 Å². The van der Waals surface area contributed by atoms with E-state index in [2.05, 4.69) is 0 Å². The molecule has 3 rings (SSSR count). The van der Waals surface area contributed by atoms with Crippen LogP contribution in [0.2, 0.25) is 0 Å². The number of anilines is 1. The number of carbonyl (C=O) groups is 1. The van der Waals surface area contributed by atoms with Crippen LogP contribution in [-0.4, -0.2) is 88.7 Å². The third-order valence-corrected chi connectivity index (χ3v) is 10.6. The standard InChI is InChI=1S/C21H33FN4O6S2/c1-2-15-33(29,30)24-9-7-18(8-10-24)21(26(28)17-27)16-34(31,32)25-13-11-23(12-14-25)20-5-3-19(22)4-6-20/h3-6,17-18,21,26H,2,7-16H2,1H3. The molecule has 1 amide bonds. The van der Waals surface area contributed by atoms with E-state index < -0.39 is 36.9 Å². The Bertz CT molecular complexity index is 1020. The lowest BCUT2D eigenvalue weighted by molar-refractivity contribution is -0.787. The Hall–Kier alpha value is -1.64. The van der Waals surface area contributed by atoms with E-state index in [-0.39, 0.29) is 50.1 Å². The van der Waals surface area contributed by atoms with Gasteiger partial charge in [-0.05, 0) is 43.5 Å². The van der Waals surface area contributed by atoms with Crippen molar-refractivity contribution in [3.63, 3.8) is 0 Å². The molecule has 0 spiro atoms. The van der Waals surface area contributed by atoms with Gasteiger partial charge >= 0.3 is 0 Å². The van der Waals surface area contributed by atoms with Crippen LogP contribution < -0.4 is 9.96 Å². The fourth-order valence-corrected chi connectivity index (χ4v) is 8.05. The highest BCUT2D eigenvalue weighted by Crippen LogP contribution is 2.24. The molecule has 2 heterocycles. The van der Waals surface area contributed by atoms with Crippen LogP contribution >= 0.6 is 0 Å². The number of piperazine rings is 1. The molecule has 1 N–H and O–H groups in total. The summed E-state index contributed by atoms with van der Waals surface area (Å²) in [5.74, 6) is -1.13. The Morgan fingerprint density at radius 1 is 1.00 bits per heavy atom. The van der Waals surface area contributed by atoms with Crippen molar-refractivity contribution in [3.05, 3.63) is 35.3 Å². The van der Waals surface area contributed by atoms with Crippen molar-refractivity contribution in [1.29, 1.82) is 0 Å². The molecule has 0 bridgehead atoms. The summed E-state index contributed by atoms with van der Waals surface area (Å²) in [6.45, 7) is 3.49. The number of hydroxylamine groups is 2. The van der Waals surface area contributed by atoms with Crippen LogP contribution in [-0.2, 0) is 24.8 Å². The first-order chi connectivity index (χ1) is 16.1. The Labute approximate surface area is 201 Å². The van der Waals surface area contributed by atoms with E-state index >= 15 is 0 Å². The van der Waals surface area contributed by atoms with Gasteiger partial charge in [0.25, 0.3) is 6.41 Å².